The number of nitrogens with zero attached hydrogens (tertiary/aromatic N) is 3. The molecule has 0 saturated carbocycles. The molecule has 24 heavy (non-hydrogen) atoms. The van der Waals surface area contributed by atoms with Crippen molar-refractivity contribution < 1.29 is 8.78 Å². The van der Waals surface area contributed by atoms with Crippen LogP contribution in [0.15, 0.2) is 43.1 Å². The van der Waals surface area contributed by atoms with E-state index in [0.717, 1.165) is 27.7 Å². The molecular weight excluding hydrogens is 308 g/mol. The molecule has 3 nitrogen and oxygen atoms in total. The molecule has 0 spiro atoms. The standard InChI is InChI=1S/C19H19F2N3/c1-4-9-24-13(3)12(2)16-11-22-23-18(19(16)24)17(21)10-14-5-7-15(20)8-6-14/h4-8,11,17H,1,9-10H2,2-3H3. The lowest BCUT2D eigenvalue weighted by Gasteiger charge is -2.12. The van der Waals surface area contributed by atoms with Gasteiger partial charge in [0.1, 0.15) is 17.7 Å². The van der Waals surface area contributed by atoms with E-state index < -0.39 is 6.17 Å². The summed E-state index contributed by atoms with van der Waals surface area (Å²) in [6.07, 6.45) is 2.27. The van der Waals surface area contributed by atoms with Crippen molar-refractivity contribution in [2.75, 3.05) is 0 Å². The zero-order chi connectivity index (χ0) is 17.3. The first-order chi connectivity index (χ1) is 11.5. The molecule has 1 unspecified atom stereocenters. The second kappa shape index (κ2) is 6.51. The molecule has 2 heterocycles. The summed E-state index contributed by atoms with van der Waals surface area (Å²) in [4.78, 5) is 0. The number of aryl methyl sites for hydroxylation is 1. The molecule has 0 bridgehead atoms. The monoisotopic (exact) mass is 327 g/mol. The molecule has 0 N–H and O–H groups in total. The largest absolute Gasteiger partial charge is 0.339 e. The Morgan fingerprint density at radius 2 is 1.96 bits per heavy atom. The lowest BCUT2D eigenvalue weighted by Crippen LogP contribution is -2.06. The average Bonchev–Trinajstić information content (AvgIpc) is 2.82. The van der Waals surface area contributed by atoms with Crippen LogP contribution in [-0.2, 0) is 13.0 Å². The van der Waals surface area contributed by atoms with Gasteiger partial charge in [0.15, 0.2) is 0 Å². The van der Waals surface area contributed by atoms with Crippen LogP contribution in [-0.4, -0.2) is 14.8 Å². The van der Waals surface area contributed by atoms with Crippen LogP contribution in [0.3, 0.4) is 0 Å². The molecule has 0 saturated heterocycles. The van der Waals surface area contributed by atoms with Gasteiger partial charge in [-0.15, -0.1) is 6.58 Å². The van der Waals surface area contributed by atoms with Crippen LogP contribution in [0.1, 0.15) is 28.7 Å². The molecule has 3 aromatic rings. The molecule has 5 heteroatoms. The molecule has 1 atom stereocenters. The number of rotatable bonds is 5. The van der Waals surface area contributed by atoms with Gasteiger partial charge >= 0.3 is 0 Å². The summed E-state index contributed by atoms with van der Waals surface area (Å²) >= 11 is 0. The number of allylic oxidation sites excluding steroid dienone is 1. The molecular formula is C19H19F2N3. The summed E-state index contributed by atoms with van der Waals surface area (Å²) in [6.45, 7) is 8.35. The highest BCUT2D eigenvalue weighted by molar-refractivity contribution is 5.86. The fourth-order valence-electron chi connectivity index (χ4n) is 3.01. The summed E-state index contributed by atoms with van der Waals surface area (Å²) in [5.74, 6) is -0.331. The van der Waals surface area contributed by atoms with Crippen molar-refractivity contribution in [3.63, 3.8) is 0 Å². The molecule has 0 radical (unpaired) electrons. The van der Waals surface area contributed by atoms with E-state index in [-0.39, 0.29) is 12.2 Å². The van der Waals surface area contributed by atoms with Crippen molar-refractivity contribution in [3.8, 4) is 0 Å². The predicted molar refractivity (Wildman–Crippen MR) is 91.2 cm³/mol. The molecule has 0 aliphatic heterocycles. The lowest BCUT2D eigenvalue weighted by molar-refractivity contribution is 0.333. The maximum atomic E-state index is 15.0. The van der Waals surface area contributed by atoms with Gasteiger partial charge in [-0.05, 0) is 37.1 Å². The number of fused-ring (bicyclic) bond motifs is 1. The number of benzene rings is 1. The minimum atomic E-state index is -1.32. The maximum Gasteiger partial charge on any atom is 0.150 e. The minimum Gasteiger partial charge on any atom is -0.339 e. The molecule has 0 aliphatic carbocycles. The smallest absolute Gasteiger partial charge is 0.150 e. The minimum absolute atomic E-state index is 0.130. The summed E-state index contributed by atoms with van der Waals surface area (Å²) in [7, 11) is 0. The van der Waals surface area contributed by atoms with Crippen molar-refractivity contribution in [1.82, 2.24) is 14.8 Å². The van der Waals surface area contributed by atoms with E-state index >= 15 is 0 Å². The van der Waals surface area contributed by atoms with Crippen LogP contribution in [0.5, 0.6) is 0 Å². The first kappa shape index (κ1) is 16.3. The van der Waals surface area contributed by atoms with Gasteiger partial charge in [-0.25, -0.2) is 8.78 Å². The maximum absolute atomic E-state index is 15.0. The molecule has 124 valence electrons. The highest BCUT2D eigenvalue weighted by Gasteiger charge is 2.22. The van der Waals surface area contributed by atoms with E-state index in [9.17, 15) is 8.78 Å². The van der Waals surface area contributed by atoms with Crippen LogP contribution in [0.25, 0.3) is 10.9 Å². The van der Waals surface area contributed by atoms with E-state index in [4.69, 9.17) is 0 Å². The summed E-state index contributed by atoms with van der Waals surface area (Å²) in [6, 6.07) is 5.86. The van der Waals surface area contributed by atoms with Crippen molar-refractivity contribution in [3.05, 3.63) is 71.4 Å². The Labute approximate surface area is 139 Å². The third-order valence-corrected chi connectivity index (χ3v) is 4.41. The highest BCUT2D eigenvalue weighted by atomic mass is 19.1. The first-order valence-electron chi connectivity index (χ1n) is 7.83. The molecule has 0 amide bonds. The van der Waals surface area contributed by atoms with Crippen molar-refractivity contribution in [2.24, 2.45) is 0 Å². The third-order valence-electron chi connectivity index (χ3n) is 4.41. The van der Waals surface area contributed by atoms with Gasteiger partial charge in [0.25, 0.3) is 0 Å². The zero-order valence-electron chi connectivity index (χ0n) is 13.8. The van der Waals surface area contributed by atoms with E-state index in [0.29, 0.717) is 12.2 Å². The van der Waals surface area contributed by atoms with Gasteiger partial charge < -0.3 is 4.57 Å². The first-order valence-corrected chi connectivity index (χ1v) is 7.83. The van der Waals surface area contributed by atoms with Gasteiger partial charge in [0.2, 0.25) is 0 Å². The van der Waals surface area contributed by atoms with Gasteiger partial charge in [0.05, 0.1) is 11.7 Å². The molecule has 3 rings (SSSR count). The average molecular weight is 327 g/mol. The zero-order valence-corrected chi connectivity index (χ0v) is 13.8. The number of hydrogen-bond acceptors (Lipinski definition) is 2. The van der Waals surface area contributed by atoms with Crippen LogP contribution in [0, 0.1) is 19.7 Å². The second-order valence-electron chi connectivity index (χ2n) is 5.90. The Balaban J connectivity index is 2.06. The van der Waals surface area contributed by atoms with E-state index in [1.807, 2.05) is 18.4 Å². The van der Waals surface area contributed by atoms with Gasteiger partial charge in [-0.3, -0.25) is 0 Å². The van der Waals surface area contributed by atoms with Crippen LogP contribution in [0.2, 0.25) is 0 Å². The quantitative estimate of drug-likeness (QED) is 0.640. The summed E-state index contributed by atoms with van der Waals surface area (Å²) in [5.41, 5.74) is 3.91. The van der Waals surface area contributed by atoms with Crippen LogP contribution in [0.4, 0.5) is 8.78 Å². The number of hydrogen-bond donors (Lipinski definition) is 0. The van der Waals surface area contributed by atoms with Gasteiger partial charge in [0, 0.05) is 24.0 Å². The van der Waals surface area contributed by atoms with E-state index in [2.05, 4.69) is 16.8 Å². The Bertz CT molecular complexity index is 882. The molecule has 2 aromatic heterocycles. The Morgan fingerprint density at radius 3 is 2.62 bits per heavy atom. The SMILES string of the molecule is C=CCn1c(C)c(C)c2cnnc(C(F)Cc3ccc(F)cc3)c21. The van der Waals surface area contributed by atoms with E-state index in [1.165, 1.54) is 12.1 Å². The van der Waals surface area contributed by atoms with Crippen molar-refractivity contribution >= 4 is 10.9 Å². The fourth-order valence-corrected chi connectivity index (χ4v) is 3.01. The predicted octanol–water partition coefficient (Wildman–Crippen LogP) is 4.63. The van der Waals surface area contributed by atoms with Crippen molar-refractivity contribution in [1.29, 1.82) is 0 Å². The van der Waals surface area contributed by atoms with Crippen molar-refractivity contribution in [2.45, 2.75) is 33.0 Å². The Morgan fingerprint density at radius 1 is 1.25 bits per heavy atom. The molecule has 0 aliphatic rings. The normalized spacial score (nSPS) is 12.5. The number of halogens is 2. The summed E-state index contributed by atoms with van der Waals surface area (Å²) < 4.78 is 30.0. The topological polar surface area (TPSA) is 30.7 Å². The van der Waals surface area contributed by atoms with E-state index in [1.54, 1.807) is 24.4 Å². The summed E-state index contributed by atoms with van der Waals surface area (Å²) in [5, 5.41) is 8.94. The van der Waals surface area contributed by atoms with Gasteiger partial charge in [-0.2, -0.15) is 10.2 Å². The van der Waals surface area contributed by atoms with Gasteiger partial charge in [-0.1, -0.05) is 18.2 Å². The second-order valence-corrected chi connectivity index (χ2v) is 5.90. The number of alkyl halides is 1. The third kappa shape index (κ3) is 2.82. The highest BCUT2D eigenvalue weighted by Crippen LogP contribution is 2.32. The molecule has 0 fully saturated rings. The fraction of sp³-hybridized carbons (Fsp3) is 0.263. The lowest BCUT2D eigenvalue weighted by atomic mass is 10.0. The number of aromatic nitrogens is 3. The van der Waals surface area contributed by atoms with Crippen LogP contribution >= 0.6 is 0 Å². The Hall–Kier alpha value is -2.56. The van der Waals surface area contributed by atoms with Crippen LogP contribution < -0.4 is 0 Å². The molecule has 1 aromatic carbocycles. The Kier molecular flexibility index (Phi) is 4.42.